The molecule has 27 heavy (non-hydrogen) atoms. The molecule has 3 rings (SSSR count). The average molecular weight is 518 g/mol. The topological polar surface area (TPSA) is 38.8 Å². The molecule has 0 unspecified atom stereocenters. The SMILES string of the molecule is CCCOc1c(I)cc([C@H]2SCC(=O)N2c2ccc(Cl)cc2)cc1OCC. The van der Waals surface area contributed by atoms with E-state index in [9.17, 15) is 4.79 Å². The van der Waals surface area contributed by atoms with Crippen LogP contribution in [0.4, 0.5) is 5.69 Å². The van der Waals surface area contributed by atoms with Gasteiger partial charge < -0.3 is 9.47 Å². The first-order chi connectivity index (χ1) is 13.0. The van der Waals surface area contributed by atoms with E-state index in [1.807, 2.05) is 30.0 Å². The van der Waals surface area contributed by atoms with Crippen molar-refractivity contribution in [3.05, 3.63) is 50.6 Å². The van der Waals surface area contributed by atoms with E-state index in [1.54, 1.807) is 23.9 Å². The molecule has 4 nitrogen and oxygen atoms in total. The van der Waals surface area contributed by atoms with Gasteiger partial charge in [0.2, 0.25) is 5.91 Å². The van der Waals surface area contributed by atoms with Crippen molar-refractivity contribution in [1.29, 1.82) is 0 Å². The highest BCUT2D eigenvalue weighted by molar-refractivity contribution is 14.1. The fourth-order valence-electron chi connectivity index (χ4n) is 2.89. The highest BCUT2D eigenvalue weighted by Gasteiger charge is 2.35. The lowest BCUT2D eigenvalue weighted by atomic mass is 10.1. The van der Waals surface area contributed by atoms with Gasteiger partial charge in [-0.1, -0.05) is 18.5 Å². The summed E-state index contributed by atoms with van der Waals surface area (Å²) in [4.78, 5) is 14.4. The van der Waals surface area contributed by atoms with Crippen molar-refractivity contribution in [1.82, 2.24) is 0 Å². The molecule has 2 aromatic rings. The van der Waals surface area contributed by atoms with Gasteiger partial charge in [0.15, 0.2) is 11.5 Å². The van der Waals surface area contributed by atoms with E-state index in [1.165, 1.54) is 0 Å². The molecule has 1 atom stereocenters. The number of carbonyl (C=O) groups is 1. The quantitative estimate of drug-likeness (QED) is 0.428. The van der Waals surface area contributed by atoms with Crippen LogP contribution in [-0.4, -0.2) is 24.9 Å². The largest absolute Gasteiger partial charge is 0.490 e. The van der Waals surface area contributed by atoms with Gasteiger partial charge in [-0.25, -0.2) is 0 Å². The van der Waals surface area contributed by atoms with Gasteiger partial charge in [-0.3, -0.25) is 9.69 Å². The standard InChI is InChI=1S/C20H21ClINO3S/c1-3-9-26-19-16(22)10-13(11-17(19)25-4-2)20-23(18(24)12-27-20)15-7-5-14(21)6-8-15/h5-8,10-11,20H,3-4,9,12H2,1-2H3/t20-/m1/s1. The average Bonchev–Trinajstić information content (AvgIpc) is 3.03. The van der Waals surface area contributed by atoms with Crippen LogP contribution < -0.4 is 14.4 Å². The lowest BCUT2D eigenvalue weighted by Gasteiger charge is -2.25. The monoisotopic (exact) mass is 517 g/mol. The number of halogens is 2. The smallest absolute Gasteiger partial charge is 0.238 e. The van der Waals surface area contributed by atoms with E-state index in [0.717, 1.165) is 32.7 Å². The van der Waals surface area contributed by atoms with Crippen LogP contribution in [0.2, 0.25) is 5.02 Å². The second-order valence-corrected chi connectivity index (χ2v) is 8.68. The minimum atomic E-state index is -0.105. The number of anilines is 1. The Morgan fingerprint density at radius 1 is 1.22 bits per heavy atom. The molecule has 1 fully saturated rings. The minimum absolute atomic E-state index is 0.0894. The summed E-state index contributed by atoms with van der Waals surface area (Å²) in [5.74, 6) is 2.04. The summed E-state index contributed by atoms with van der Waals surface area (Å²) in [6, 6.07) is 11.4. The molecule has 0 radical (unpaired) electrons. The van der Waals surface area contributed by atoms with Crippen LogP contribution in [0.25, 0.3) is 0 Å². The van der Waals surface area contributed by atoms with Crippen molar-refractivity contribution in [2.75, 3.05) is 23.9 Å². The minimum Gasteiger partial charge on any atom is -0.490 e. The molecule has 1 amide bonds. The van der Waals surface area contributed by atoms with Crippen LogP contribution >= 0.6 is 46.0 Å². The molecule has 0 N–H and O–H groups in total. The summed E-state index contributed by atoms with van der Waals surface area (Å²) in [7, 11) is 0. The molecule has 144 valence electrons. The maximum absolute atomic E-state index is 12.6. The third kappa shape index (κ3) is 4.66. The Kier molecular flexibility index (Phi) is 7.16. The van der Waals surface area contributed by atoms with Crippen molar-refractivity contribution < 1.29 is 14.3 Å². The van der Waals surface area contributed by atoms with Crippen molar-refractivity contribution >= 4 is 57.5 Å². The number of amides is 1. The molecule has 0 spiro atoms. The predicted molar refractivity (Wildman–Crippen MR) is 120 cm³/mol. The number of rotatable bonds is 7. The second kappa shape index (κ2) is 9.39. The third-order valence-electron chi connectivity index (χ3n) is 4.04. The summed E-state index contributed by atoms with van der Waals surface area (Å²) >= 11 is 9.89. The lowest BCUT2D eigenvalue weighted by molar-refractivity contribution is -0.115. The molecule has 0 saturated carbocycles. The zero-order chi connectivity index (χ0) is 19.4. The summed E-state index contributed by atoms with van der Waals surface area (Å²) in [6.07, 6.45) is 0.931. The van der Waals surface area contributed by atoms with E-state index >= 15 is 0 Å². The molecule has 1 heterocycles. The Morgan fingerprint density at radius 2 is 1.96 bits per heavy atom. The van der Waals surface area contributed by atoms with Crippen LogP contribution in [-0.2, 0) is 4.79 Å². The van der Waals surface area contributed by atoms with Gasteiger partial charge in [0.05, 0.1) is 22.5 Å². The number of nitrogens with zero attached hydrogens (tertiary/aromatic N) is 1. The number of benzene rings is 2. The van der Waals surface area contributed by atoms with E-state index < -0.39 is 0 Å². The Bertz CT molecular complexity index is 816. The first-order valence-electron chi connectivity index (χ1n) is 8.83. The molecule has 2 aromatic carbocycles. The number of carbonyl (C=O) groups excluding carboxylic acids is 1. The van der Waals surface area contributed by atoms with Gasteiger partial charge in [-0.05, 0) is 77.9 Å². The molecule has 0 aliphatic carbocycles. The van der Waals surface area contributed by atoms with Crippen LogP contribution in [0, 0.1) is 3.57 Å². The molecule has 0 bridgehead atoms. The molecular weight excluding hydrogens is 497 g/mol. The Hall–Kier alpha value is -1.12. The fraction of sp³-hybridized carbons (Fsp3) is 0.350. The molecule has 7 heteroatoms. The number of thioether (sulfide) groups is 1. The first kappa shape index (κ1) is 20.6. The van der Waals surface area contributed by atoms with Crippen molar-refractivity contribution in [2.45, 2.75) is 25.6 Å². The zero-order valence-electron chi connectivity index (χ0n) is 15.2. The molecule has 1 aliphatic rings. The van der Waals surface area contributed by atoms with Gasteiger partial charge >= 0.3 is 0 Å². The summed E-state index contributed by atoms with van der Waals surface area (Å²) < 4.78 is 12.7. The highest BCUT2D eigenvalue weighted by atomic mass is 127. The molecule has 0 aromatic heterocycles. The lowest BCUT2D eigenvalue weighted by Crippen LogP contribution is -2.27. The maximum Gasteiger partial charge on any atom is 0.238 e. The maximum atomic E-state index is 12.6. The molecule has 1 aliphatic heterocycles. The van der Waals surface area contributed by atoms with Crippen LogP contribution in [0.5, 0.6) is 11.5 Å². The van der Waals surface area contributed by atoms with E-state index in [2.05, 4.69) is 35.6 Å². The fourth-order valence-corrected chi connectivity index (χ4v) is 4.95. The van der Waals surface area contributed by atoms with Crippen molar-refractivity contribution in [3.8, 4) is 11.5 Å². The highest BCUT2D eigenvalue weighted by Crippen LogP contribution is 2.45. The van der Waals surface area contributed by atoms with Crippen LogP contribution in [0.3, 0.4) is 0 Å². The van der Waals surface area contributed by atoms with E-state index in [0.29, 0.717) is 24.0 Å². The molecule has 1 saturated heterocycles. The van der Waals surface area contributed by atoms with Gasteiger partial charge in [0, 0.05) is 10.7 Å². The predicted octanol–water partition coefficient (Wildman–Crippen LogP) is 5.91. The van der Waals surface area contributed by atoms with Gasteiger partial charge in [0.25, 0.3) is 0 Å². The van der Waals surface area contributed by atoms with Gasteiger partial charge in [-0.15, -0.1) is 11.8 Å². The third-order valence-corrected chi connectivity index (χ3v) is 6.31. The second-order valence-electron chi connectivity index (χ2n) is 6.01. The van der Waals surface area contributed by atoms with Crippen LogP contribution in [0.1, 0.15) is 31.2 Å². The Balaban J connectivity index is 1.98. The van der Waals surface area contributed by atoms with Crippen LogP contribution in [0.15, 0.2) is 36.4 Å². The number of hydrogen-bond donors (Lipinski definition) is 0. The van der Waals surface area contributed by atoms with Crippen molar-refractivity contribution in [3.63, 3.8) is 0 Å². The summed E-state index contributed by atoms with van der Waals surface area (Å²) in [5, 5.41) is 0.548. The van der Waals surface area contributed by atoms with E-state index in [-0.39, 0.29) is 11.3 Å². The normalized spacial score (nSPS) is 16.7. The number of hydrogen-bond acceptors (Lipinski definition) is 4. The van der Waals surface area contributed by atoms with Gasteiger partial charge in [0.1, 0.15) is 5.37 Å². The Labute approximate surface area is 182 Å². The first-order valence-corrected chi connectivity index (χ1v) is 11.3. The molecular formula is C20H21ClINO3S. The van der Waals surface area contributed by atoms with E-state index in [4.69, 9.17) is 21.1 Å². The Morgan fingerprint density at radius 3 is 2.63 bits per heavy atom. The zero-order valence-corrected chi connectivity index (χ0v) is 18.9. The van der Waals surface area contributed by atoms with Gasteiger partial charge in [-0.2, -0.15) is 0 Å². The number of ether oxygens (including phenoxy) is 2. The summed E-state index contributed by atoms with van der Waals surface area (Å²) in [6.45, 7) is 5.23. The van der Waals surface area contributed by atoms with Crippen molar-refractivity contribution in [2.24, 2.45) is 0 Å². The summed E-state index contributed by atoms with van der Waals surface area (Å²) in [5.41, 5.74) is 1.87.